The molecule has 0 radical (unpaired) electrons. The predicted molar refractivity (Wildman–Crippen MR) is 87.8 cm³/mol. The summed E-state index contributed by atoms with van der Waals surface area (Å²) in [7, 11) is 0. The summed E-state index contributed by atoms with van der Waals surface area (Å²) >= 11 is 1.28. The van der Waals surface area contributed by atoms with Crippen LogP contribution in [0.1, 0.15) is 40.2 Å². The molecule has 2 aromatic heterocycles. The number of aromatic nitrogens is 1. The highest BCUT2D eigenvalue weighted by atomic mass is 32.1. The van der Waals surface area contributed by atoms with E-state index in [0.29, 0.717) is 30.0 Å². The molecule has 1 saturated heterocycles. The zero-order valence-corrected chi connectivity index (χ0v) is 13.4. The van der Waals surface area contributed by atoms with Crippen LogP contribution in [-0.2, 0) is 17.6 Å². The van der Waals surface area contributed by atoms with Gasteiger partial charge in [0.25, 0.3) is 5.91 Å². The van der Waals surface area contributed by atoms with Crippen LogP contribution in [0.15, 0.2) is 6.07 Å². The summed E-state index contributed by atoms with van der Waals surface area (Å²) in [5.74, 6) is -1.23. The summed E-state index contributed by atoms with van der Waals surface area (Å²) in [5.41, 5.74) is 8.95. The Bertz CT molecular complexity index is 830. The molecular weight excluding hydrogens is 314 g/mol. The van der Waals surface area contributed by atoms with E-state index in [1.54, 1.807) is 0 Å². The average Bonchev–Trinajstić information content (AvgIpc) is 3.23. The number of hydrogen-bond donors (Lipinski definition) is 2. The number of carbonyl (C=O) groups is 2. The zero-order valence-electron chi connectivity index (χ0n) is 12.5. The van der Waals surface area contributed by atoms with Crippen LogP contribution in [0.4, 0.5) is 5.69 Å². The van der Waals surface area contributed by atoms with Crippen LogP contribution in [0, 0.1) is 0 Å². The maximum Gasteiger partial charge on any atom is 0.326 e. The van der Waals surface area contributed by atoms with Gasteiger partial charge in [0.2, 0.25) is 0 Å². The van der Waals surface area contributed by atoms with Crippen LogP contribution in [0.25, 0.3) is 10.2 Å². The topological polar surface area (TPSA) is 96.5 Å². The first kappa shape index (κ1) is 14.4. The van der Waals surface area contributed by atoms with Gasteiger partial charge >= 0.3 is 5.97 Å². The van der Waals surface area contributed by atoms with Gasteiger partial charge < -0.3 is 15.7 Å². The molecule has 3 N–H and O–H groups in total. The first-order valence-corrected chi connectivity index (χ1v) is 8.62. The van der Waals surface area contributed by atoms with E-state index in [2.05, 4.69) is 4.98 Å². The minimum absolute atomic E-state index is 0.282. The van der Waals surface area contributed by atoms with Crippen molar-refractivity contribution in [2.45, 2.75) is 38.1 Å². The number of rotatable bonds is 2. The lowest BCUT2D eigenvalue weighted by atomic mass is 10.1. The van der Waals surface area contributed by atoms with Crippen molar-refractivity contribution in [3.63, 3.8) is 0 Å². The number of nitrogen functional groups attached to an aromatic ring is 1. The number of nitrogens with zero attached hydrogens (tertiary/aromatic N) is 2. The third-order valence-corrected chi connectivity index (χ3v) is 5.85. The number of carboxylic acid groups (broad SMARTS) is 1. The fraction of sp³-hybridized carbons (Fsp3) is 0.438. The van der Waals surface area contributed by atoms with Gasteiger partial charge in [0.1, 0.15) is 15.7 Å². The molecule has 0 aromatic carbocycles. The number of nitrogens with two attached hydrogens (primary N) is 1. The molecule has 1 amide bonds. The maximum atomic E-state index is 12.8. The van der Waals surface area contributed by atoms with E-state index in [4.69, 9.17) is 5.73 Å². The van der Waals surface area contributed by atoms with Crippen molar-refractivity contribution in [2.75, 3.05) is 12.3 Å². The maximum absolute atomic E-state index is 12.8. The van der Waals surface area contributed by atoms with Crippen LogP contribution in [0.2, 0.25) is 0 Å². The third-order valence-electron chi connectivity index (χ3n) is 4.74. The number of likely N-dealkylation sites (tertiary alicyclic amines) is 1. The van der Waals surface area contributed by atoms with E-state index in [9.17, 15) is 14.7 Å². The summed E-state index contributed by atoms with van der Waals surface area (Å²) in [6.45, 7) is 0.466. The molecule has 2 aliphatic rings. The van der Waals surface area contributed by atoms with Crippen molar-refractivity contribution < 1.29 is 14.7 Å². The quantitative estimate of drug-likeness (QED) is 0.878. The Kier molecular flexibility index (Phi) is 3.26. The highest BCUT2D eigenvalue weighted by molar-refractivity contribution is 7.21. The Balaban J connectivity index is 1.75. The number of aliphatic carboxylic acids is 1. The number of hydrogen-bond acceptors (Lipinski definition) is 5. The summed E-state index contributed by atoms with van der Waals surface area (Å²) < 4.78 is 0. The summed E-state index contributed by atoms with van der Waals surface area (Å²) in [5, 5.41) is 10.1. The molecule has 3 heterocycles. The monoisotopic (exact) mass is 331 g/mol. The van der Waals surface area contributed by atoms with Gasteiger partial charge in [-0.1, -0.05) is 0 Å². The van der Waals surface area contributed by atoms with E-state index in [0.717, 1.165) is 35.2 Å². The molecule has 0 bridgehead atoms. The van der Waals surface area contributed by atoms with E-state index in [1.165, 1.54) is 21.8 Å². The number of fused-ring (bicyclic) bond motifs is 2. The second-order valence-electron chi connectivity index (χ2n) is 6.14. The van der Waals surface area contributed by atoms with Crippen LogP contribution in [0.5, 0.6) is 0 Å². The van der Waals surface area contributed by atoms with Crippen molar-refractivity contribution in [1.29, 1.82) is 0 Å². The molecule has 120 valence electrons. The SMILES string of the molecule is Nc1c(C(=O)N2CCC[C@H]2C(=O)O)sc2nc3c(cc12)CCC3. The standard InChI is InChI=1S/C16H17N3O3S/c17-12-9-7-8-3-1-4-10(8)18-14(9)23-13(12)15(20)19-6-2-5-11(19)16(21)22/h7,11H,1-6,17H2,(H,21,22)/t11-/m0/s1. The molecule has 1 atom stereocenters. The predicted octanol–water partition coefficient (Wildman–Crippen LogP) is 2.06. The van der Waals surface area contributed by atoms with E-state index in [1.807, 2.05) is 6.07 Å². The summed E-state index contributed by atoms with van der Waals surface area (Å²) in [6.07, 6.45) is 4.29. The molecule has 4 rings (SSSR count). The second-order valence-corrected chi connectivity index (χ2v) is 7.14. The molecule has 23 heavy (non-hydrogen) atoms. The Morgan fingerprint density at radius 3 is 2.96 bits per heavy atom. The minimum atomic E-state index is -0.951. The zero-order chi connectivity index (χ0) is 16.1. The highest BCUT2D eigenvalue weighted by Crippen LogP contribution is 2.37. The number of aryl methyl sites for hydroxylation is 2. The summed E-state index contributed by atoms with van der Waals surface area (Å²) in [6, 6.07) is 1.30. The number of anilines is 1. The van der Waals surface area contributed by atoms with E-state index >= 15 is 0 Å². The molecule has 0 unspecified atom stereocenters. The number of thiophene rings is 1. The van der Waals surface area contributed by atoms with Gasteiger partial charge in [-0.2, -0.15) is 0 Å². The van der Waals surface area contributed by atoms with Gasteiger partial charge in [-0.3, -0.25) is 4.79 Å². The smallest absolute Gasteiger partial charge is 0.326 e. The van der Waals surface area contributed by atoms with Crippen molar-refractivity contribution in [2.24, 2.45) is 0 Å². The van der Waals surface area contributed by atoms with Crippen molar-refractivity contribution >= 4 is 39.1 Å². The highest BCUT2D eigenvalue weighted by Gasteiger charge is 2.36. The molecule has 6 nitrogen and oxygen atoms in total. The van der Waals surface area contributed by atoms with Crippen molar-refractivity contribution in [3.05, 3.63) is 22.2 Å². The largest absolute Gasteiger partial charge is 0.480 e. The average molecular weight is 331 g/mol. The van der Waals surface area contributed by atoms with Crippen LogP contribution >= 0.6 is 11.3 Å². The second kappa shape index (κ2) is 5.19. The first-order valence-electron chi connectivity index (χ1n) is 7.81. The summed E-state index contributed by atoms with van der Waals surface area (Å²) in [4.78, 5) is 31.4. The number of pyridine rings is 1. The molecule has 0 saturated carbocycles. The lowest BCUT2D eigenvalue weighted by Crippen LogP contribution is -2.40. The molecule has 2 aromatic rings. The van der Waals surface area contributed by atoms with Crippen LogP contribution in [0.3, 0.4) is 0 Å². The molecule has 0 spiro atoms. The van der Waals surface area contributed by atoms with Crippen molar-refractivity contribution in [3.8, 4) is 0 Å². The minimum Gasteiger partial charge on any atom is -0.480 e. The Hall–Kier alpha value is -2.15. The molecule has 7 heteroatoms. The van der Waals surface area contributed by atoms with Gasteiger partial charge in [0.15, 0.2) is 0 Å². The molecule has 1 aliphatic carbocycles. The Morgan fingerprint density at radius 1 is 1.35 bits per heavy atom. The van der Waals surface area contributed by atoms with E-state index in [-0.39, 0.29) is 5.91 Å². The molecule has 1 aliphatic heterocycles. The fourth-order valence-electron chi connectivity index (χ4n) is 3.55. The lowest BCUT2D eigenvalue weighted by Gasteiger charge is -2.20. The molecule has 1 fully saturated rings. The van der Waals surface area contributed by atoms with Gasteiger partial charge in [-0.25, -0.2) is 9.78 Å². The number of amides is 1. The van der Waals surface area contributed by atoms with Crippen molar-refractivity contribution in [1.82, 2.24) is 9.88 Å². The van der Waals surface area contributed by atoms with Gasteiger partial charge in [-0.15, -0.1) is 11.3 Å². The number of carbonyl (C=O) groups excluding carboxylic acids is 1. The normalized spacial score (nSPS) is 20.2. The lowest BCUT2D eigenvalue weighted by molar-refractivity contribution is -0.141. The first-order chi connectivity index (χ1) is 11.1. The van der Waals surface area contributed by atoms with Crippen LogP contribution in [-0.4, -0.2) is 39.5 Å². The Morgan fingerprint density at radius 2 is 2.17 bits per heavy atom. The number of carboxylic acids is 1. The Labute approximate surface area is 136 Å². The van der Waals surface area contributed by atoms with Gasteiger partial charge in [0.05, 0.1) is 5.69 Å². The fourth-order valence-corrected chi connectivity index (χ4v) is 4.61. The van der Waals surface area contributed by atoms with Gasteiger partial charge in [0, 0.05) is 17.6 Å². The van der Waals surface area contributed by atoms with Crippen LogP contribution < -0.4 is 5.73 Å². The van der Waals surface area contributed by atoms with E-state index < -0.39 is 12.0 Å². The molecular formula is C16H17N3O3S. The van der Waals surface area contributed by atoms with Gasteiger partial charge in [-0.05, 0) is 43.7 Å². The third kappa shape index (κ3) is 2.18.